The highest BCUT2D eigenvalue weighted by molar-refractivity contribution is 7.11. The van der Waals surface area contributed by atoms with Gasteiger partial charge in [0.05, 0.1) is 0 Å². The van der Waals surface area contributed by atoms with E-state index in [4.69, 9.17) is 11.6 Å². The lowest BCUT2D eigenvalue weighted by atomic mass is 9.94. The van der Waals surface area contributed by atoms with Gasteiger partial charge >= 0.3 is 0 Å². The maximum absolute atomic E-state index is 12.8. The van der Waals surface area contributed by atoms with Crippen molar-refractivity contribution in [1.82, 2.24) is 4.98 Å². The summed E-state index contributed by atoms with van der Waals surface area (Å²) in [7, 11) is 0. The van der Waals surface area contributed by atoms with Crippen LogP contribution < -0.4 is 0 Å². The molecule has 0 amide bonds. The number of hydrogen-bond donors (Lipinski definition) is 0. The number of aromatic nitrogens is 1. The van der Waals surface area contributed by atoms with E-state index in [1.807, 2.05) is 64.3 Å². The van der Waals surface area contributed by atoms with Crippen LogP contribution in [0.4, 0.5) is 4.39 Å². The first-order chi connectivity index (χ1) is 16.0. The Morgan fingerprint density at radius 2 is 1.94 bits per heavy atom. The number of hydrogen-bond acceptors (Lipinski definition) is 4. The summed E-state index contributed by atoms with van der Waals surface area (Å²) in [6, 6.07) is 7.02. The first-order valence-electron chi connectivity index (χ1n) is 10.6. The summed E-state index contributed by atoms with van der Waals surface area (Å²) in [6.07, 6.45) is 17.1. The van der Waals surface area contributed by atoms with Crippen LogP contribution in [-0.4, -0.2) is 10.9 Å². The van der Waals surface area contributed by atoms with Crippen LogP contribution in [0.2, 0.25) is 0 Å². The lowest BCUT2D eigenvalue weighted by molar-refractivity contribution is 0.640. The summed E-state index contributed by atoms with van der Waals surface area (Å²) in [5.74, 6) is 0.0448. The average Bonchev–Trinajstić information content (AvgIpc) is 3.39. The largest absolute Gasteiger partial charge is 0.264 e. The second kappa shape index (κ2) is 21.1. The minimum absolute atomic E-state index is 0.194. The van der Waals surface area contributed by atoms with Gasteiger partial charge in [-0.05, 0) is 60.6 Å². The minimum Gasteiger partial charge on any atom is -0.264 e. The Kier molecular flexibility index (Phi) is 20.7. The van der Waals surface area contributed by atoms with Gasteiger partial charge in [-0.25, -0.2) is 4.39 Å². The number of allylic oxidation sites excluding steroid dienone is 5. The van der Waals surface area contributed by atoms with Crippen molar-refractivity contribution in [2.75, 3.05) is 5.88 Å². The summed E-state index contributed by atoms with van der Waals surface area (Å²) in [6.45, 7) is 13.7. The zero-order chi connectivity index (χ0) is 25.6. The summed E-state index contributed by atoms with van der Waals surface area (Å²) in [4.78, 5) is 16.3. The van der Waals surface area contributed by atoms with Crippen molar-refractivity contribution in [1.29, 1.82) is 0 Å². The molecule has 0 radical (unpaired) electrons. The number of pyridine rings is 1. The molecule has 0 bridgehead atoms. The monoisotopic (exact) mass is 488 g/mol. The summed E-state index contributed by atoms with van der Waals surface area (Å²) in [5.41, 5.74) is 3.15. The number of alkyl halides is 1. The highest BCUT2D eigenvalue weighted by atomic mass is 35.5. The zero-order valence-electron chi connectivity index (χ0n) is 20.1. The summed E-state index contributed by atoms with van der Waals surface area (Å²) in [5, 5.41) is 5.21. The highest BCUT2D eigenvalue weighted by Gasteiger charge is 2.20. The van der Waals surface area contributed by atoms with Crippen LogP contribution in [0, 0.1) is 17.8 Å². The Labute approximate surface area is 207 Å². The number of nitroso groups, excluding NO2 is 1. The van der Waals surface area contributed by atoms with Gasteiger partial charge in [0, 0.05) is 28.7 Å². The molecule has 2 aromatic rings. The number of rotatable bonds is 8. The Balaban J connectivity index is 0. The van der Waals surface area contributed by atoms with E-state index in [1.165, 1.54) is 6.08 Å². The summed E-state index contributed by atoms with van der Waals surface area (Å²) < 4.78 is 12.8. The van der Waals surface area contributed by atoms with Crippen molar-refractivity contribution in [3.8, 4) is 12.8 Å². The van der Waals surface area contributed by atoms with E-state index in [0.29, 0.717) is 5.57 Å². The lowest BCUT2D eigenvalue weighted by Crippen LogP contribution is -2.00. The van der Waals surface area contributed by atoms with Crippen molar-refractivity contribution in [2.24, 2.45) is 5.18 Å². The molecule has 0 aromatic carbocycles. The Morgan fingerprint density at radius 1 is 1.27 bits per heavy atom. The third-order valence-corrected chi connectivity index (χ3v) is 5.21. The van der Waals surface area contributed by atoms with Gasteiger partial charge in [0.1, 0.15) is 11.9 Å². The molecule has 0 aliphatic carbocycles. The topological polar surface area (TPSA) is 42.3 Å². The third kappa shape index (κ3) is 11.6. The van der Waals surface area contributed by atoms with Crippen LogP contribution in [-0.2, 0) is 0 Å². The molecule has 2 heterocycles. The second-order valence-corrected chi connectivity index (χ2v) is 7.13. The second-order valence-electron chi connectivity index (χ2n) is 5.87. The van der Waals surface area contributed by atoms with E-state index >= 15 is 0 Å². The molecule has 0 N–H and O–H groups in total. The van der Waals surface area contributed by atoms with Crippen LogP contribution in [0.3, 0.4) is 0 Å². The maximum Gasteiger partial charge on any atom is 0.143 e. The molecule has 2 aromatic heterocycles. The number of halogens is 2. The van der Waals surface area contributed by atoms with Gasteiger partial charge in [-0.1, -0.05) is 56.8 Å². The number of thiophene rings is 1. The van der Waals surface area contributed by atoms with E-state index in [9.17, 15) is 9.30 Å². The van der Waals surface area contributed by atoms with Gasteiger partial charge in [0.25, 0.3) is 0 Å². The van der Waals surface area contributed by atoms with E-state index < -0.39 is 6.04 Å². The van der Waals surface area contributed by atoms with Crippen LogP contribution in [0.15, 0.2) is 89.0 Å². The van der Waals surface area contributed by atoms with Crippen LogP contribution in [0.1, 0.15) is 57.5 Å². The van der Waals surface area contributed by atoms with Gasteiger partial charge in [0.15, 0.2) is 0 Å². The molecular formula is C27H34ClFN2OS. The van der Waals surface area contributed by atoms with E-state index in [2.05, 4.69) is 29.6 Å². The average molecular weight is 489 g/mol. The van der Waals surface area contributed by atoms with Gasteiger partial charge in [-0.2, -0.15) is 0 Å². The Bertz CT molecular complexity index is 901. The van der Waals surface area contributed by atoms with Crippen LogP contribution >= 0.6 is 22.9 Å². The molecule has 178 valence electrons. The van der Waals surface area contributed by atoms with Crippen LogP contribution in [0.25, 0.3) is 5.57 Å². The van der Waals surface area contributed by atoms with Crippen molar-refractivity contribution in [3.63, 3.8) is 0 Å². The quantitative estimate of drug-likeness (QED) is 0.161. The van der Waals surface area contributed by atoms with Gasteiger partial charge in [0.2, 0.25) is 0 Å². The molecule has 0 saturated carbocycles. The molecule has 0 aliphatic heterocycles. The fraction of sp³-hybridized carbons (Fsp3) is 0.296. The van der Waals surface area contributed by atoms with Gasteiger partial charge < -0.3 is 0 Å². The smallest absolute Gasteiger partial charge is 0.143 e. The third-order valence-electron chi connectivity index (χ3n) is 4.15. The highest BCUT2D eigenvalue weighted by Crippen LogP contribution is 2.35. The van der Waals surface area contributed by atoms with Crippen LogP contribution in [0.5, 0.6) is 0 Å². The Morgan fingerprint density at radius 3 is 2.33 bits per heavy atom. The number of nitrogens with zero attached hydrogens (tertiary/aromatic N) is 2. The van der Waals surface area contributed by atoms with Crippen molar-refractivity contribution in [3.05, 3.63) is 99.2 Å². The van der Waals surface area contributed by atoms with E-state index in [1.54, 1.807) is 35.9 Å². The predicted molar refractivity (Wildman–Crippen MR) is 145 cm³/mol. The fourth-order valence-corrected chi connectivity index (χ4v) is 3.61. The van der Waals surface area contributed by atoms with Crippen molar-refractivity contribution < 1.29 is 4.39 Å². The molecule has 0 fully saturated rings. The molecule has 2 rings (SSSR count). The molecule has 1 unspecified atom stereocenters. The lowest BCUT2D eigenvalue weighted by Gasteiger charge is -2.14. The number of terminal acetylenes is 1. The molecule has 0 aliphatic rings. The molecule has 0 spiro atoms. The molecular weight excluding hydrogens is 455 g/mol. The van der Waals surface area contributed by atoms with E-state index in [-0.39, 0.29) is 11.7 Å². The van der Waals surface area contributed by atoms with Gasteiger partial charge in [-0.15, -0.1) is 40.7 Å². The predicted octanol–water partition coefficient (Wildman–Crippen LogP) is 9.32. The van der Waals surface area contributed by atoms with Gasteiger partial charge in [-0.3, -0.25) is 4.98 Å². The maximum atomic E-state index is 12.8. The minimum atomic E-state index is -0.595. The molecule has 1 atom stereocenters. The fourth-order valence-electron chi connectivity index (χ4n) is 2.64. The molecule has 3 nitrogen and oxygen atoms in total. The Hall–Kier alpha value is -2.81. The standard InChI is InChI=1S/C15H14N2OS.C8H12ClF.C2H6.C2H2/c1-3-13(14-7-5-9-19-14)11(2)15(17-18)12-6-4-8-16-10-12;1-3-7(4-2)8(10)5-6-9;2*1-2/h3-10,15H,2H2,1H3;3,5H,4,6H2,1-2H3;1-2H3;1-2H/b13-3+;7-3-,8-5+;;. The first-order valence-corrected chi connectivity index (χ1v) is 12.0. The SMILES string of the molecule is C#C.C/C=C(CC)\C(F)=C/CCl.C=C(/C(=C\C)c1cccs1)C(N=O)c1cccnc1.CC. The zero-order valence-corrected chi connectivity index (χ0v) is 21.7. The normalized spacial score (nSPS) is 12.0. The van der Waals surface area contributed by atoms with E-state index in [0.717, 1.165) is 28.0 Å². The summed E-state index contributed by atoms with van der Waals surface area (Å²) >= 11 is 6.93. The molecule has 33 heavy (non-hydrogen) atoms. The molecule has 0 saturated heterocycles. The van der Waals surface area contributed by atoms with Crippen molar-refractivity contribution >= 4 is 28.5 Å². The first kappa shape index (κ1) is 32.4. The molecule has 6 heteroatoms. The van der Waals surface area contributed by atoms with Crippen molar-refractivity contribution in [2.45, 2.75) is 47.1 Å².